The van der Waals surface area contributed by atoms with Gasteiger partial charge in [-0.2, -0.15) is 0 Å². The predicted octanol–water partition coefficient (Wildman–Crippen LogP) is 1.42. The lowest BCUT2D eigenvalue weighted by Crippen LogP contribution is -2.56. The monoisotopic (exact) mass is 423 g/mol. The number of hydrogen-bond donors (Lipinski definition) is 2. The minimum Gasteiger partial charge on any atom is -0.393 e. The van der Waals surface area contributed by atoms with E-state index in [4.69, 9.17) is 0 Å². The van der Waals surface area contributed by atoms with Gasteiger partial charge in [0.15, 0.2) is 5.82 Å². The van der Waals surface area contributed by atoms with Crippen LogP contribution in [-0.2, 0) is 15.1 Å². The van der Waals surface area contributed by atoms with E-state index >= 15 is 0 Å². The van der Waals surface area contributed by atoms with E-state index in [9.17, 15) is 14.7 Å². The zero-order valence-corrected chi connectivity index (χ0v) is 18.0. The van der Waals surface area contributed by atoms with E-state index in [0.717, 1.165) is 23.6 Å². The van der Waals surface area contributed by atoms with Crippen molar-refractivity contribution >= 4 is 17.5 Å². The molecule has 3 aliphatic rings. The Labute approximate surface area is 181 Å². The summed E-state index contributed by atoms with van der Waals surface area (Å²) >= 11 is 0. The number of rotatable bonds is 4. The van der Waals surface area contributed by atoms with Crippen molar-refractivity contribution in [3.63, 3.8) is 0 Å². The number of nitrogens with one attached hydrogen (secondary N) is 1. The van der Waals surface area contributed by atoms with Gasteiger partial charge in [0.25, 0.3) is 0 Å². The van der Waals surface area contributed by atoms with Gasteiger partial charge < -0.3 is 24.8 Å². The molecule has 8 heteroatoms. The molecule has 1 saturated carbocycles. The van der Waals surface area contributed by atoms with Gasteiger partial charge in [-0.25, -0.2) is 4.98 Å². The topological polar surface area (TPSA) is 90.7 Å². The summed E-state index contributed by atoms with van der Waals surface area (Å²) in [6, 6.07) is 8.02. The van der Waals surface area contributed by atoms with Gasteiger partial charge in [0.1, 0.15) is 5.54 Å². The number of amides is 2. The number of pyridine rings is 1. The fourth-order valence-corrected chi connectivity index (χ4v) is 5.31. The van der Waals surface area contributed by atoms with Crippen LogP contribution < -0.4 is 10.2 Å². The number of anilines is 1. The van der Waals surface area contributed by atoms with Crippen molar-refractivity contribution in [3.8, 4) is 5.82 Å². The van der Waals surface area contributed by atoms with Crippen LogP contribution in [0.1, 0.15) is 38.8 Å². The average Bonchev–Trinajstić information content (AvgIpc) is 3.36. The molecule has 2 aromatic heterocycles. The van der Waals surface area contributed by atoms with Crippen LogP contribution >= 0.6 is 0 Å². The maximum absolute atomic E-state index is 13.1. The van der Waals surface area contributed by atoms with Gasteiger partial charge in [0.2, 0.25) is 11.8 Å². The van der Waals surface area contributed by atoms with E-state index < -0.39 is 5.54 Å². The lowest BCUT2D eigenvalue weighted by Gasteiger charge is -2.47. The van der Waals surface area contributed by atoms with Gasteiger partial charge in [-0.1, -0.05) is 0 Å². The van der Waals surface area contributed by atoms with E-state index in [1.807, 2.05) is 43.1 Å². The van der Waals surface area contributed by atoms with Crippen molar-refractivity contribution in [2.45, 2.75) is 50.8 Å². The van der Waals surface area contributed by atoms with Crippen molar-refractivity contribution < 1.29 is 14.7 Å². The first-order valence-electron chi connectivity index (χ1n) is 11.1. The largest absolute Gasteiger partial charge is 0.393 e. The molecule has 164 valence electrons. The summed E-state index contributed by atoms with van der Waals surface area (Å²) in [5.41, 5.74) is 1.46. The Morgan fingerprint density at radius 1 is 1.29 bits per heavy atom. The van der Waals surface area contributed by atoms with E-state index in [1.165, 1.54) is 0 Å². The molecule has 1 aliphatic carbocycles. The number of aliphatic hydroxyl groups excluding tert-OH is 1. The molecule has 2 N–H and O–H groups in total. The Bertz CT molecular complexity index is 1010. The van der Waals surface area contributed by atoms with Gasteiger partial charge in [0, 0.05) is 37.4 Å². The molecular weight excluding hydrogens is 394 g/mol. The van der Waals surface area contributed by atoms with Crippen molar-refractivity contribution in [2.24, 2.45) is 5.92 Å². The molecule has 0 aromatic carbocycles. The molecule has 0 unspecified atom stereocenters. The van der Waals surface area contributed by atoms with Crippen LogP contribution in [0.15, 0.2) is 36.7 Å². The van der Waals surface area contributed by atoms with Gasteiger partial charge in [0.05, 0.1) is 24.0 Å². The van der Waals surface area contributed by atoms with Gasteiger partial charge in [-0.3, -0.25) is 9.59 Å². The van der Waals surface area contributed by atoms with Crippen molar-refractivity contribution in [1.82, 2.24) is 19.8 Å². The smallest absolute Gasteiger partial charge is 0.239 e. The molecular formula is C23H29N5O3. The van der Waals surface area contributed by atoms with Crippen molar-refractivity contribution in [3.05, 3.63) is 42.4 Å². The highest BCUT2D eigenvalue weighted by molar-refractivity contribution is 5.85. The first kappa shape index (κ1) is 20.1. The van der Waals surface area contributed by atoms with E-state index in [-0.39, 0.29) is 36.4 Å². The Balaban J connectivity index is 1.52. The zero-order chi connectivity index (χ0) is 21.8. The molecule has 2 aromatic rings. The standard InChI is InChI=1S/C23H29N5O3/c1-15(2)25-20(30)13-28-18-5-3-8-24-21(18)27-9-4-6-19(27)23(28)7-10-26(14-23)22(31)16-11-17(29)12-16/h3-6,8-9,15-17,29H,7,10-14H2,1-2H3,(H,25,30)/t16?,17?,23-/m0/s1. The maximum atomic E-state index is 13.1. The molecule has 5 rings (SSSR count). The maximum Gasteiger partial charge on any atom is 0.239 e. The highest BCUT2D eigenvalue weighted by Gasteiger charge is 2.52. The van der Waals surface area contributed by atoms with E-state index in [2.05, 4.69) is 25.8 Å². The number of likely N-dealkylation sites (tertiary alicyclic amines) is 1. The van der Waals surface area contributed by atoms with Gasteiger partial charge in [-0.05, 0) is 57.4 Å². The Kier molecular flexibility index (Phi) is 4.77. The number of fused-ring (bicyclic) bond motifs is 4. The average molecular weight is 424 g/mol. The second-order valence-electron chi connectivity index (χ2n) is 9.28. The predicted molar refractivity (Wildman–Crippen MR) is 116 cm³/mol. The molecule has 2 amide bonds. The minimum absolute atomic E-state index is 0.0453. The lowest BCUT2D eigenvalue weighted by molar-refractivity contribution is -0.141. The number of nitrogens with zero attached hydrogens (tertiary/aromatic N) is 4. The SMILES string of the molecule is CC(C)NC(=O)CN1c2cccnc2-n2cccc2[C@@]12CCN(C(=O)C1CC(O)C1)C2. The van der Waals surface area contributed by atoms with Gasteiger partial charge >= 0.3 is 0 Å². The third-order valence-electron chi connectivity index (χ3n) is 6.80. The summed E-state index contributed by atoms with van der Waals surface area (Å²) in [4.78, 5) is 34.6. The summed E-state index contributed by atoms with van der Waals surface area (Å²) in [5, 5.41) is 12.6. The van der Waals surface area contributed by atoms with Crippen LogP contribution in [0.25, 0.3) is 5.82 Å². The first-order valence-corrected chi connectivity index (χ1v) is 11.1. The molecule has 1 atom stereocenters. The summed E-state index contributed by atoms with van der Waals surface area (Å²) in [5.74, 6) is 0.782. The highest BCUT2D eigenvalue weighted by Crippen LogP contribution is 2.47. The zero-order valence-electron chi connectivity index (χ0n) is 18.0. The summed E-state index contributed by atoms with van der Waals surface area (Å²) in [6.45, 7) is 5.26. The fraction of sp³-hybridized carbons (Fsp3) is 0.522. The van der Waals surface area contributed by atoms with E-state index in [1.54, 1.807) is 6.20 Å². The number of aliphatic hydroxyl groups is 1. The molecule has 1 saturated heterocycles. The number of aromatic nitrogens is 2. The normalized spacial score (nSPS) is 26.6. The Morgan fingerprint density at radius 2 is 2.10 bits per heavy atom. The molecule has 2 aliphatic heterocycles. The number of carbonyl (C=O) groups excluding carboxylic acids is 2. The van der Waals surface area contributed by atoms with Crippen LogP contribution in [0.5, 0.6) is 0 Å². The van der Waals surface area contributed by atoms with Crippen molar-refractivity contribution in [1.29, 1.82) is 0 Å². The van der Waals surface area contributed by atoms with Crippen molar-refractivity contribution in [2.75, 3.05) is 24.5 Å². The molecule has 2 fully saturated rings. The fourth-order valence-electron chi connectivity index (χ4n) is 5.31. The number of carbonyl (C=O) groups is 2. The van der Waals surface area contributed by atoms with Gasteiger partial charge in [-0.15, -0.1) is 0 Å². The van der Waals surface area contributed by atoms with Crippen LogP contribution in [0, 0.1) is 5.92 Å². The molecule has 8 nitrogen and oxygen atoms in total. The molecule has 1 spiro atoms. The molecule has 0 bridgehead atoms. The molecule has 0 radical (unpaired) electrons. The first-order chi connectivity index (χ1) is 14.9. The minimum atomic E-state index is -0.494. The third kappa shape index (κ3) is 3.20. The van der Waals surface area contributed by atoms with Crippen LogP contribution in [0.4, 0.5) is 5.69 Å². The highest BCUT2D eigenvalue weighted by atomic mass is 16.3. The third-order valence-corrected chi connectivity index (χ3v) is 6.80. The summed E-state index contributed by atoms with van der Waals surface area (Å²) in [7, 11) is 0. The molecule has 31 heavy (non-hydrogen) atoms. The molecule has 4 heterocycles. The lowest BCUT2D eigenvalue weighted by atomic mass is 9.81. The second kappa shape index (κ2) is 7.37. The Hall–Kier alpha value is -2.87. The summed E-state index contributed by atoms with van der Waals surface area (Å²) in [6.07, 6.45) is 5.24. The number of hydrogen-bond acceptors (Lipinski definition) is 5. The quantitative estimate of drug-likeness (QED) is 0.776. The van der Waals surface area contributed by atoms with Crippen LogP contribution in [-0.4, -0.2) is 63.2 Å². The summed E-state index contributed by atoms with van der Waals surface area (Å²) < 4.78 is 2.09. The Morgan fingerprint density at radius 3 is 2.84 bits per heavy atom. The van der Waals surface area contributed by atoms with Crippen LogP contribution in [0.2, 0.25) is 0 Å². The van der Waals surface area contributed by atoms with Crippen LogP contribution in [0.3, 0.4) is 0 Å². The second-order valence-corrected chi connectivity index (χ2v) is 9.28. The van der Waals surface area contributed by atoms with E-state index in [0.29, 0.717) is 25.9 Å².